The molecule has 0 saturated heterocycles. The number of aliphatic imine (C=N–C) groups is 1. The molecule has 4 aromatic rings. The van der Waals surface area contributed by atoms with Gasteiger partial charge in [-0.1, -0.05) is 28.1 Å². The lowest BCUT2D eigenvalue weighted by Gasteiger charge is -2.03. The molecule has 0 spiro atoms. The molecule has 6 heteroatoms. The number of phenolic OH excluding ortho intramolecular Hbond substituents is 1. The Labute approximate surface area is 179 Å². The number of nitrogens with zero attached hydrogens (tertiary/aromatic N) is 2. The molecular weight excluding hydrogens is 484 g/mol. The molecule has 1 aromatic heterocycles. The highest BCUT2D eigenvalue weighted by atomic mass is 79.9. The van der Waals surface area contributed by atoms with Crippen LogP contribution in [0, 0.1) is 13.8 Å². The van der Waals surface area contributed by atoms with E-state index < -0.39 is 0 Å². The molecule has 0 aliphatic heterocycles. The zero-order valence-corrected chi connectivity index (χ0v) is 18.4. The van der Waals surface area contributed by atoms with Crippen LogP contribution in [0.25, 0.3) is 22.6 Å². The van der Waals surface area contributed by atoms with Crippen molar-refractivity contribution in [3.8, 4) is 17.2 Å². The number of aromatic nitrogens is 1. The van der Waals surface area contributed by atoms with Gasteiger partial charge in [0.1, 0.15) is 11.3 Å². The third-order valence-corrected chi connectivity index (χ3v) is 5.39. The van der Waals surface area contributed by atoms with Crippen LogP contribution < -0.4 is 0 Å². The van der Waals surface area contributed by atoms with Crippen molar-refractivity contribution in [2.24, 2.45) is 4.99 Å². The van der Waals surface area contributed by atoms with Gasteiger partial charge in [0.05, 0.1) is 10.2 Å². The summed E-state index contributed by atoms with van der Waals surface area (Å²) in [6.07, 6.45) is 1.63. The Morgan fingerprint density at radius 1 is 1.07 bits per heavy atom. The second kappa shape index (κ2) is 7.53. The summed E-state index contributed by atoms with van der Waals surface area (Å²) in [7, 11) is 0. The van der Waals surface area contributed by atoms with E-state index in [9.17, 15) is 5.11 Å². The number of hydrogen-bond donors (Lipinski definition) is 1. The van der Waals surface area contributed by atoms with E-state index in [4.69, 9.17) is 4.42 Å². The van der Waals surface area contributed by atoms with Crippen molar-refractivity contribution >= 4 is 54.9 Å². The van der Waals surface area contributed by atoms with Crippen molar-refractivity contribution in [1.29, 1.82) is 0 Å². The number of halogens is 2. The number of oxazole rings is 1. The van der Waals surface area contributed by atoms with Gasteiger partial charge < -0.3 is 9.52 Å². The van der Waals surface area contributed by atoms with Crippen molar-refractivity contribution in [2.45, 2.75) is 13.8 Å². The summed E-state index contributed by atoms with van der Waals surface area (Å²) in [5.41, 5.74) is 6.08. The summed E-state index contributed by atoms with van der Waals surface area (Å²) in [5.74, 6) is 0.710. The third-order valence-electron chi connectivity index (χ3n) is 4.32. The quantitative estimate of drug-likeness (QED) is 0.306. The number of aryl methyl sites for hydroxylation is 2. The molecule has 4 nitrogen and oxygen atoms in total. The van der Waals surface area contributed by atoms with Crippen molar-refractivity contribution < 1.29 is 9.52 Å². The topological polar surface area (TPSA) is 58.6 Å². The summed E-state index contributed by atoms with van der Waals surface area (Å²) < 4.78 is 7.45. The molecule has 0 amide bonds. The molecule has 0 aliphatic rings. The molecule has 3 aromatic carbocycles. The molecule has 0 atom stereocenters. The minimum atomic E-state index is 0.146. The average Bonchev–Trinajstić information content (AvgIpc) is 3.08. The minimum absolute atomic E-state index is 0.146. The highest BCUT2D eigenvalue weighted by molar-refractivity contribution is 9.11. The van der Waals surface area contributed by atoms with Crippen LogP contribution >= 0.6 is 31.9 Å². The third kappa shape index (κ3) is 3.75. The van der Waals surface area contributed by atoms with Gasteiger partial charge in [-0.3, -0.25) is 4.99 Å². The number of aromatic hydroxyl groups is 1. The predicted octanol–water partition coefficient (Wildman–Crippen LogP) is 7.09. The molecule has 0 fully saturated rings. The van der Waals surface area contributed by atoms with Gasteiger partial charge in [-0.2, -0.15) is 0 Å². The van der Waals surface area contributed by atoms with E-state index in [0.29, 0.717) is 15.9 Å². The van der Waals surface area contributed by atoms with Crippen LogP contribution in [0.4, 0.5) is 5.69 Å². The van der Waals surface area contributed by atoms with Crippen LogP contribution in [0.1, 0.15) is 16.7 Å². The fourth-order valence-electron chi connectivity index (χ4n) is 3.05. The summed E-state index contributed by atoms with van der Waals surface area (Å²) in [4.78, 5) is 9.13. The normalized spacial score (nSPS) is 11.6. The molecule has 28 heavy (non-hydrogen) atoms. The smallest absolute Gasteiger partial charge is 0.227 e. The van der Waals surface area contributed by atoms with Crippen LogP contribution in [0.15, 0.2) is 66.9 Å². The molecule has 0 unspecified atom stereocenters. The van der Waals surface area contributed by atoms with Crippen LogP contribution in [-0.2, 0) is 0 Å². The summed E-state index contributed by atoms with van der Waals surface area (Å²) >= 11 is 6.75. The minimum Gasteiger partial charge on any atom is -0.506 e. The Balaban J connectivity index is 1.70. The van der Waals surface area contributed by atoms with E-state index in [2.05, 4.69) is 47.9 Å². The lowest BCUT2D eigenvalue weighted by molar-refractivity contribution is 0.471. The number of rotatable bonds is 3. The first-order chi connectivity index (χ1) is 13.4. The van der Waals surface area contributed by atoms with Gasteiger partial charge in [0, 0.05) is 21.8 Å². The van der Waals surface area contributed by atoms with Gasteiger partial charge in [0.25, 0.3) is 0 Å². The van der Waals surface area contributed by atoms with Crippen LogP contribution in [-0.4, -0.2) is 16.3 Å². The Morgan fingerprint density at radius 2 is 1.89 bits per heavy atom. The Hall–Kier alpha value is -2.44. The predicted molar refractivity (Wildman–Crippen MR) is 120 cm³/mol. The maximum atomic E-state index is 10.2. The van der Waals surface area contributed by atoms with E-state index in [1.165, 1.54) is 0 Å². The maximum absolute atomic E-state index is 10.2. The van der Waals surface area contributed by atoms with Gasteiger partial charge in [0.15, 0.2) is 5.58 Å². The molecule has 140 valence electrons. The van der Waals surface area contributed by atoms with Crippen LogP contribution in [0.2, 0.25) is 0 Å². The van der Waals surface area contributed by atoms with E-state index in [-0.39, 0.29) is 5.75 Å². The van der Waals surface area contributed by atoms with Gasteiger partial charge in [-0.15, -0.1) is 0 Å². The largest absolute Gasteiger partial charge is 0.506 e. The van der Waals surface area contributed by atoms with Gasteiger partial charge in [0.2, 0.25) is 5.89 Å². The molecule has 0 radical (unpaired) electrons. The van der Waals surface area contributed by atoms with Gasteiger partial charge >= 0.3 is 0 Å². The van der Waals surface area contributed by atoms with Crippen molar-refractivity contribution in [2.75, 3.05) is 0 Å². The lowest BCUT2D eigenvalue weighted by atomic mass is 10.1. The molecule has 4 rings (SSSR count). The maximum Gasteiger partial charge on any atom is 0.227 e. The Kier molecular flexibility index (Phi) is 5.08. The van der Waals surface area contributed by atoms with Crippen LogP contribution in [0.5, 0.6) is 5.75 Å². The number of fused-ring (bicyclic) bond motifs is 1. The van der Waals surface area contributed by atoms with E-state index in [0.717, 1.165) is 38.0 Å². The molecule has 1 heterocycles. The highest BCUT2D eigenvalue weighted by Gasteiger charge is 2.11. The van der Waals surface area contributed by atoms with Gasteiger partial charge in [-0.05, 0) is 77.3 Å². The number of phenols is 1. The molecule has 0 saturated carbocycles. The van der Waals surface area contributed by atoms with Crippen molar-refractivity contribution in [3.63, 3.8) is 0 Å². The summed E-state index contributed by atoms with van der Waals surface area (Å²) in [6.45, 7) is 4.07. The standard InChI is InChI=1S/C22H16Br2N2O2/c1-12-6-13(2)21-19(7-12)26-22(28-21)14-4-3-5-17(9-14)25-11-15-8-16(23)10-18(24)20(15)27/h3-11,27H,1-2H3. The zero-order chi connectivity index (χ0) is 19.8. The summed E-state index contributed by atoms with van der Waals surface area (Å²) in [5, 5.41) is 10.2. The fourth-order valence-corrected chi connectivity index (χ4v) is 4.31. The Morgan fingerprint density at radius 3 is 2.71 bits per heavy atom. The monoisotopic (exact) mass is 498 g/mol. The SMILES string of the molecule is Cc1cc(C)c2oc(-c3cccc(N=Cc4cc(Br)cc(Br)c4O)c3)nc2c1. The summed E-state index contributed by atoms with van der Waals surface area (Å²) in [6, 6.07) is 15.3. The van der Waals surface area contributed by atoms with Crippen molar-refractivity contribution in [1.82, 2.24) is 4.98 Å². The highest BCUT2D eigenvalue weighted by Crippen LogP contribution is 2.32. The van der Waals surface area contributed by atoms with E-state index in [1.54, 1.807) is 18.3 Å². The fraction of sp³-hybridized carbons (Fsp3) is 0.0909. The zero-order valence-electron chi connectivity index (χ0n) is 15.2. The first-order valence-electron chi connectivity index (χ1n) is 8.61. The first kappa shape index (κ1) is 18.9. The van der Waals surface area contributed by atoms with Crippen LogP contribution in [0.3, 0.4) is 0 Å². The Bertz CT molecular complexity index is 1230. The van der Waals surface area contributed by atoms with Crippen molar-refractivity contribution in [3.05, 3.63) is 74.2 Å². The van der Waals surface area contributed by atoms with E-state index in [1.807, 2.05) is 44.2 Å². The molecule has 0 aliphatic carbocycles. The second-order valence-corrected chi connectivity index (χ2v) is 8.35. The number of benzene rings is 3. The molecular formula is C22H16Br2N2O2. The number of hydrogen-bond acceptors (Lipinski definition) is 4. The lowest BCUT2D eigenvalue weighted by Crippen LogP contribution is -1.84. The average molecular weight is 500 g/mol. The molecule has 0 bridgehead atoms. The second-order valence-electron chi connectivity index (χ2n) is 6.58. The molecule has 1 N–H and O–H groups in total. The van der Waals surface area contributed by atoms with E-state index >= 15 is 0 Å². The van der Waals surface area contributed by atoms with Gasteiger partial charge in [-0.25, -0.2) is 4.98 Å². The first-order valence-corrected chi connectivity index (χ1v) is 10.2.